The second-order valence-electron chi connectivity index (χ2n) is 6.16. The van der Waals surface area contributed by atoms with Crippen molar-refractivity contribution in [2.75, 3.05) is 18.6 Å². The number of ether oxygens (including phenoxy) is 2. The lowest BCUT2D eigenvalue weighted by Crippen LogP contribution is -2.50. The molecule has 136 valence electrons. The van der Waals surface area contributed by atoms with Crippen molar-refractivity contribution in [3.8, 4) is 0 Å². The Morgan fingerprint density at radius 1 is 1.28 bits per heavy atom. The van der Waals surface area contributed by atoms with Crippen molar-refractivity contribution in [2.45, 2.75) is 45.6 Å². The van der Waals surface area contributed by atoms with E-state index in [-0.39, 0.29) is 18.3 Å². The van der Waals surface area contributed by atoms with E-state index < -0.39 is 17.9 Å². The third-order valence-electron chi connectivity index (χ3n) is 4.47. The Balaban J connectivity index is 2.20. The number of hydrogen-bond acceptors (Lipinski definition) is 5. The van der Waals surface area contributed by atoms with Crippen molar-refractivity contribution in [3.63, 3.8) is 0 Å². The molecule has 0 N–H and O–H groups in total. The van der Waals surface area contributed by atoms with Gasteiger partial charge in [0.05, 0.1) is 13.7 Å². The fourth-order valence-corrected chi connectivity index (χ4v) is 3.11. The second-order valence-corrected chi connectivity index (χ2v) is 6.16. The number of amides is 1. The second kappa shape index (κ2) is 8.65. The van der Waals surface area contributed by atoms with Crippen LogP contribution in [0.2, 0.25) is 0 Å². The van der Waals surface area contributed by atoms with Crippen LogP contribution in [0.25, 0.3) is 0 Å². The smallest absolute Gasteiger partial charge is 0.328 e. The van der Waals surface area contributed by atoms with E-state index in [9.17, 15) is 14.4 Å². The van der Waals surface area contributed by atoms with Crippen molar-refractivity contribution >= 4 is 23.5 Å². The first-order valence-electron chi connectivity index (χ1n) is 8.64. The molecule has 2 atom stereocenters. The third-order valence-corrected chi connectivity index (χ3v) is 4.47. The summed E-state index contributed by atoms with van der Waals surface area (Å²) in [5, 5.41) is 0. The summed E-state index contributed by atoms with van der Waals surface area (Å²) < 4.78 is 9.80. The van der Waals surface area contributed by atoms with E-state index in [0.29, 0.717) is 19.4 Å². The number of benzene rings is 1. The lowest BCUT2D eigenvalue weighted by molar-refractivity contribution is -0.145. The Bertz CT molecular complexity index is 642. The summed E-state index contributed by atoms with van der Waals surface area (Å²) in [6.07, 6.45) is 1.81. The monoisotopic (exact) mass is 347 g/mol. The standard InChI is InChI=1S/C19H25NO5/c1-4-25-17(21)12-9-13(2)18(22)20-15-8-6-5-7-14(15)10-11-16(20)19(23)24-3/h5-8,13,16H,4,9-12H2,1-3H3/t13-,16+/m1/s1. The molecule has 1 aliphatic rings. The summed E-state index contributed by atoms with van der Waals surface area (Å²) in [5.41, 5.74) is 1.78. The zero-order chi connectivity index (χ0) is 18.4. The van der Waals surface area contributed by atoms with E-state index >= 15 is 0 Å². The van der Waals surface area contributed by atoms with E-state index in [4.69, 9.17) is 9.47 Å². The molecule has 0 saturated heterocycles. The number of anilines is 1. The Kier molecular flexibility index (Phi) is 6.56. The van der Waals surface area contributed by atoms with Crippen LogP contribution in [0.15, 0.2) is 24.3 Å². The first-order valence-corrected chi connectivity index (χ1v) is 8.64. The number of nitrogens with zero attached hydrogens (tertiary/aromatic N) is 1. The average Bonchev–Trinajstić information content (AvgIpc) is 2.64. The van der Waals surface area contributed by atoms with Gasteiger partial charge >= 0.3 is 11.9 Å². The van der Waals surface area contributed by atoms with Gasteiger partial charge in [0, 0.05) is 18.0 Å². The number of esters is 2. The van der Waals surface area contributed by atoms with Gasteiger partial charge in [0.25, 0.3) is 0 Å². The van der Waals surface area contributed by atoms with Gasteiger partial charge in [0.15, 0.2) is 0 Å². The Labute approximate surface area is 148 Å². The molecular weight excluding hydrogens is 322 g/mol. The molecule has 1 amide bonds. The molecule has 0 aromatic heterocycles. The van der Waals surface area contributed by atoms with Gasteiger partial charge in [-0.2, -0.15) is 0 Å². The van der Waals surface area contributed by atoms with Crippen molar-refractivity contribution in [3.05, 3.63) is 29.8 Å². The van der Waals surface area contributed by atoms with E-state index in [1.54, 1.807) is 18.7 Å². The summed E-state index contributed by atoms with van der Waals surface area (Å²) in [4.78, 5) is 38.3. The van der Waals surface area contributed by atoms with Gasteiger partial charge in [-0.05, 0) is 37.8 Å². The third kappa shape index (κ3) is 4.38. The SMILES string of the molecule is CCOC(=O)CC[C@@H](C)C(=O)N1c2ccccc2CC[C@H]1C(=O)OC. The minimum absolute atomic E-state index is 0.174. The summed E-state index contributed by atoms with van der Waals surface area (Å²) >= 11 is 0. The molecule has 25 heavy (non-hydrogen) atoms. The first-order chi connectivity index (χ1) is 12.0. The van der Waals surface area contributed by atoms with Crippen LogP contribution in [0.3, 0.4) is 0 Å². The molecule has 0 aliphatic carbocycles. The van der Waals surface area contributed by atoms with Gasteiger partial charge in [-0.25, -0.2) is 4.79 Å². The van der Waals surface area contributed by atoms with Crippen LogP contribution in [0, 0.1) is 5.92 Å². The van der Waals surface area contributed by atoms with Crippen molar-refractivity contribution in [1.82, 2.24) is 0 Å². The fraction of sp³-hybridized carbons (Fsp3) is 0.526. The highest BCUT2D eigenvalue weighted by Crippen LogP contribution is 2.32. The molecule has 0 saturated carbocycles. The lowest BCUT2D eigenvalue weighted by atomic mass is 9.93. The number of fused-ring (bicyclic) bond motifs is 1. The minimum Gasteiger partial charge on any atom is -0.467 e. The van der Waals surface area contributed by atoms with Crippen LogP contribution >= 0.6 is 0 Å². The van der Waals surface area contributed by atoms with Gasteiger partial charge in [-0.15, -0.1) is 0 Å². The number of hydrogen-bond donors (Lipinski definition) is 0. The largest absolute Gasteiger partial charge is 0.467 e. The van der Waals surface area contributed by atoms with E-state index in [1.807, 2.05) is 24.3 Å². The summed E-state index contributed by atoms with van der Waals surface area (Å²) in [5.74, 6) is -1.30. The van der Waals surface area contributed by atoms with Crippen LogP contribution in [-0.4, -0.2) is 37.6 Å². The normalized spacial score (nSPS) is 17.4. The van der Waals surface area contributed by atoms with Crippen LogP contribution in [0.4, 0.5) is 5.69 Å². The van der Waals surface area contributed by atoms with E-state index in [2.05, 4.69) is 0 Å². The molecule has 2 rings (SSSR count). The molecule has 1 aromatic carbocycles. The number of methoxy groups -OCH3 is 1. The highest BCUT2D eigenvalue weighted by Gasteiger charge is 2.37. The van der Waals surface area contributed by atoms with E-state index in [1.165, 1.54) is 7.11 Å². The topological polar surface area (TPSA) is 72.9 Å². The average molecular weight is 347 g/mol. The maximum Gasteiger partial charge on any atom is 0.328 e. The quantitative estimate of drug-likeness (QED) is 0.739. The van der Waals surface area contributed by atoms with Crippen molar-refractivity contribution in [2.24, 2.45) is 5.92 Å². The molecule has 0 spiro atoms. The number of para-hydroxylation sites is 1. The zero-order valence-electron chi connectivity index (χ0n) is 15.0. The molecule has 6 nitrogen and oxygen atoms in total. The number of carbonyl (C=O) groups excluding carboxylic acids is 3. The highest BCUT2D eigenvalue weighted by molar-refractivity contribution is 6.01. The van der Waals surface area contributed by atoms with Crippen LogP contribution in [0.1, 0.15) is 38.7 Å². The predicted octanol–water partition coefficient (Wildman–Crippen LogP) is 2.49. The fourth-order valence-electron chi connectivity index (χ4n) is 3.11. The summed E-state index contributed by atoms with van der Waals surface area (Å²) in [6.45, 7) is 3.84. The Morgan fingerprint density at radius 2 is 2.00 bits per heavy atom. The molecule has 1 heterocycles. The molecule has 0 bridgehead atoms. The molecule has 0 radical (unpaired) electrons. The molecule has 1 aromatic rings. The maximum atomic E-state index is 13.0. The molecule has 6 heteroatoms. The molecular formula is C19H25NO5. The number of carbonyl (C=O) groups is 3. The van der Waals surface area contributed by atoms with Gasteiger partial charge in [-0.3, -0.25) is 14.5 Å². The molecule has 0 unspecified atom stereocenters. The first kappa shape index (κ1) is 19.0. The predicted molar refractivity (Wildman–Crippen MR) is 93.1 cm³/mol. The highest BCUT2D eigenvalue weighted by atomic mass is 16.5. The van der Waals surface area contributed by atoms with Crippen LogP contribution in [-0.2, 0) is 30.3 Å². The Morgan fingerprint density at radius 3 is 2.68 bits per heavy atom. The lowest BCUT2D eigenvalue weighted by Gasteiger charge is -2.37. The summed E-state index contributed by atoms with van der Waals surface area (Å²) in [6, 6.07) is 6.95. The minimum atomic E-state index is -0.627. The van der Waals surface area contributed by atoms with Crippen molar-refractivity contribution in [1.29, 1.82) is 0 Å². The van der Waals surface area contributed by atoms with Crippen LogP contribution in [0.5, 0.6) is 0 Å². The molecule has 1 aliphatic heterocycles. The maximum absolute atomic E-state index is 13.0. The number of rotatable bonds is 6. The van der Waals surface area contributed by atoms with Gasteiger partial charge in [-0.1, -0.05) is 25.1 Å². The number of aryl methyl sites for hydroxylation is 1. The molecule has 0 fully saturated rings. The zero-order valence-corrected chi connectivity index (χ0v) is 15.0. The Hall–Kier alpha value is -2.37. The van der Waals surface area contributed by atoms with Gasteiger partial charge < -0.3 is 9.47 Å². The van der Waals surface area contributed by atoms with Crippen LogP contribution < -0.4 is 4.90 Å². The van der Waals surface area contributed by atoms with Gasteiger partial charge in [0.1, 0.15) is 6.04 Å². The van der Waals surface area contributed by atoms with Gasteiger partial charge in [0.2, 0.25) is 5.91 Å². The van der Waals surface area contributed by atoms with E-state index in [0.717, 1.165) is 17.7 Å². The summed E-state index contributed by atoms with van der Waals surface area (Å²) in [7, 11) is 1.33. The van der Waals surface area contributed by atoms with Crippen molar-refractivity contribution < 1.29 is 23.9 Å².